The standard InChI is InChI=1S/C25H32N4O4/c1-29(17-23(30)27-22-14-7-15-26-28-22)16-8-13-21(29)18-33-24(31)25(32,20-11-5-6-12-20)19-9-3-2-4-10-19/h2-4,7,9-10,14-15,20-21,32H,5-6,8,11-13,16-18H2,1H3/p+1/t21?,25-,29?/m0/s1. The Labute approximate surface area is 194 Å². The molecular formula is C25H33N4O4+. The van der Waals surface area contributed by atoms with Crippen molar-refractivity contribution in [1.29, 1.82) is 0 Å². The first kappa shape index (κ1) is 23.3. The minimum Gasteiger partial charge on any atom is -0.457 e. The summed E-state index contributed by atoms with van der Waals surface area (Å²) in [4.78, 5) is 25.9. The molecule has 2 fully saturated rings. The van der Waals surface area contributed by atoms with Crippen LogP contribution in [0.2, 0.25) is 0 Å². The van der Waals surface area contributed by atoms with E-state index in [-0.39, 0.29) is 31.0 Å². The van der Waals surface area contributed by atoms with Gasteiger partial charge < -0.3 is 19.6 Å². The number of aromatic nitrogens is 2. The Morgan fingerprint density at radius 2 is 1.88 bits per heavy atom. The lowest BCUT2D eigenvalue weighted by molar-refractivity contribution is -0.913. The molecule has 1 aliphatic carbocycles. The maximum absolute atomic E-state index is 13.3. The number of carbonyl (C=O) groups excluding carboxylic acids is 2. The van der Waals surface area contributed by atoms with E-state index in [0.717, 1.165) is 45.1 Å². The number of hydrogen-bond donors (Lipinski definition) is 2. The second-order valence-electron chi connectivity index (χ2n) is 9.53. The van der Waals surface area contributed by atoms with Gasteiger partial charge >= 0.3 is 5.97 Å². The van der Waals surface area contributed by atoms with E-state index in [9.17, 15) is 14.7 Å². The minimum absolute atomic E-state index is 0.00911. The van der Waals surface area contributed by atoms with Gasteiger partial charge in [0.05, 0.1) is 13.6 Å². The van der Waals surface area contributed by atoms with Crippen molar-refractivity contribution in [3.05, 3.63) is 54.2 Å². The monoisotopic (exact) mass is 453 g/mol. The molecule has 2 N–H and O–H groups in total. The molecule has 1 aromatic heterocycles. The second-order valence-corrected chi connectivity index (χ2v) is 9.53. The topological polar surface area (TPSA) is 101 Å². The average molecular weight is 454 g/mol. The van der Waals surface area contributed by atoms with Gasteiger partial charge in [0, 0.05) is 25.0 Å². The third-order valence-electron chi connectivity index (χ3n) is 7.31. The zero-order valence-corrected chi connectivity index (χ0v) is 19.2. The van der Waals surface area contributed by atoms with Crippen LogP contribution in [0.1, 0.15) is 44.1 Å². The molecule has 176 valence electrons. The zero-order valence-electron chi connectivity index (χ0n) is 19.2. The van der Waals surface area contributed by atoms with Crippen molar-refractivity contribution in [2.24, 2.45) is 5.92 Å². The molecule has 0 spiro atoms. The predicted molar refractivity (Wildman–Crippen MR) is 123 cm³/mol. The highest BCUT2D eigenvalue weighted by Gasteiger charge is 2.49. The summed E-state index contributed by atoms with van der Waals surface area (Å²) in [5.41, 5.74) is -1.04. The molecule has 8 heteroatoms. The Morgan fingerprint density at radius 3 is 2.58 bits per heavy atom. The highest BCUT2D eigenvalue weighted by Crippen LogP contribution is 2.41. The molecule has 8 nitrogen and oxygen atoms in total. The molecule has 33 heavy (non-hydrogen) atoms. The number of amides is 1. The van der Waals surface area contributed by atoms with E-state index in [1.807, 2.05) is 25.2 Å². The summed E-state index contributed by atoms with van der Waals surface area (Å²) in [6.07, 6.45) is 6.98. The summed E-state index contributed by atoms with van der Waals surface area (Å²) in [7, 11) is 2.02. The molecule has 2 unspecified atom stereocenters. The molecule has 1 saturated carbocycles. The van der Waals surface area contributed by atoms with Crippen LogP contribution in [0.5, 0.6) is 0 Å². The fraction of sp³-hybridized carbons (Fsp3) is 0.520. The molecule has 2 aromatic rings. The van der Waals surface area contributed by atoms with Crippen molar-refractivity contribution >= 4 is 17.7 Å². The smallest absolute Gasteiger partial charge is 0.343 e. The molecule has 4 rings (SSSR count). The van der Waals surface area contributed by atoms with Crippen LogP contribution >= 0.6 is 0 Å². The normalized spacial score (nSPS) is 24.8. The highest BCUT2D eigenvalue weighted by molar-refractivity contribution is 5.90. The lowest BCUT2D eigenvalue weighted by atomic mass is 9.80. The molecule has 0 radical (unpaired) electrons. The Kier molecular flexibility index (Phi) is 7.05. The molecule has 2 aliphatic rings. The van der Waals surface area contributed by atoms with E-state index in [2.05, 4.69) is 15.5 Å². The fourth-order valence-corrected chi connectivity index (χ4v) is 5.37. The Hall–Kier alpha value is -2.84. The van der Waals surface area contributed by atoms with Gasteiger partial charge in [-0.15, -0.1) is 5.10 Å². The summed E-state index contributed by atoms with van der Waals surface area (Å²) in [6, 6.07) is 12.5. The maximum atomic E-state index is 13.3. The second kappa shape index (κ2) is 9.97. The van der Waals surface area contributed by atoms with Crippen LogP contribution in [0.3, 0.4) is 0 Å². The SMILES string of the molecule is C[N+]1(CC(=O)Nc2cccnn2)CCCC1COC(=O)[C@](O)(c1ccccc1)C1CCCC1. The number of benzene rings is 1. The van der Waals surface area contributed by atoms with E-state index in [1.165, 1.54) is 0 Å². The molecule has 3 atom stereocenters. The van der Waals surface area contributed by atoms with Gasteiger partial charge in [-0.25, -0.2) is 4.79 Å². The van der Waals surface area contributed by atoms with Gasteiger partial charge in [0.1, 0.15) is 12.6 Å². The number of anilines is 1. The summed E-state index contributed by atoms with van der Waals surface area (Å²) in [5, 5.41) is 22.1. The lowest BCUT2D eigenvalue weighted by Crippen LogP contribution is -2.54. The number of esters is 1. The zero-order chi connectivity index (χ0) is 23.3. The van der Waals surface area contributed by atoms with Gasteiger partial charge in [-0.3, -0.25) is 4.79 Å². The van der Waals surface area contributed by atoms with Gasteiger partial charge in [0.2, 0.25) is 0 Å². The number of quaternary nitrogens is 1. The first-order chi connectivity index (χ1) is 15.9. The van der Waals surface area contributed by atoms with Crippen LogP contribution in [0.15, 0.2) is 48.7 Å². The number of carbonyl (C=O) groups is 2. The number of likely N-dealkylation sites (tertiary alicyclic amines) is 1. The number of likely N-dealkylation sites (N-methyl/N-ethyl adjacent to an activating group) is 1. The van der Waals surface area contributed by atoms with E-state index in [1.54, 1.807) is 30.5 Å². The summed E-state index contributed by atoms with van der Waals surface area (Å²) >= 11 is 0. The van der Waals surface area contributed by atoms with E-state index in [0.29, 0.717) is 15.9 Å². The van der Waals surface area contributed by atoms with Crippen molar-refractivity contribution < 1.29 is 23.9 Å². The quantitative estimate of drug-likeness (QED) is 0.471. The number of aliphatic hydroxyl groups is 1. The maximum Gasteiger partial charge on any atom is 0.343 e. The van der Waals surface area contributed by atoms with Crippen molar-refractivity contribution in [2.45, 2.75) is 50.2 Å². The van der Waals surface area contributed by atoms with Crippen LogP contribution in [0.25, 0.3) is 0 Å². The van der Waals surface area contributed by atoms with Crippen LogP contribution < -0.4 is 5.32 Å². The average Bonchev–Trinajstić information content (AvgIpc) is 3.48. The molecule has 1 saturated heterocycles. The molecular weight excluding hydrogens is 420 g/mol. The summed E-state index contributed by atoms with van der Waals surface area (Å²) in [6.45, 7) is 1.25. The summed E-state index contributed by atoms with van der Waals surface area (Å²) < 4.78 is 6.27. The van der Waals surface area contributed by atoms with Gasteiger partial charge in [-0.05, 0) is 30.5 Å². The van der Waals surface area contributed by atoms with Gasteiger partial charge in [0.25, 0.3) is 5.91 Å². The third-order valence-corrected chi connectivity index (χ3v) is 7.31. The van der Waals surface area contributed by atoms with Crippen LogP contribution in [-0.2, 0) is 19.9 Å². The highest BCUT2D eigenvalue weighted by atomic mass is 16.6. The van der Waals surface area contributed by atoms with E-state index < -0.39 is 11.6 Å². The summed E-state index contributed by atoms with van der Waals surface area (Å²) in [5.74, 6) is -0.457. The van der Waals surface area contributed by atoms with E-state index >= 15 is 0 Å². The first-order valence-electron chi connectivity index (χ1n) is 11.8. The minimum atomic E-state index is -1.64. The first-order valence-corrected chi connectivity index (χ1v) is 11.8. The Bertz CT molecular complexity index is 951. The van der Waals surface area contributed by atoms with Gasteiger partial charge in [-0.2, -0.15) is 5.10 Å². The number of hydrogen-bond acceptors (Lipinski definition) is 6. The molecule has 0 bridgehead atoms. The fourth-order valence-electron chi connectivity index (χ4n) is 5.37. The van der Waals surface area contributed by atoms with Crippen LogP contribution in [0, 0.1) is 5.92 Å². The van der Waals surface area contributed by atoms with Crippen LogP contribution in [0.4, 0.5) is 5.82 Å². The van der Waals surface area contributed by atoms with E-state index in [4.69, 9.17) is 4.74 Å². The molecule has 1 aromatic carbocycles. The Morgan fingerprint density at radius 1 is 1.12 bits per heavy atom. The molecule has 2 heterocycles. The van der Waals surface area contributed by atoms with Crippen LogP contribution in [-0.4, -0.2) is 64.4 Å². The van der Waals surface area contributed by atoms with Gasteiger partial charge in [-0.1, -0.05) is 43.2 Å². The van der Waals surface area contributed by atoms with Crippen molar-refractivity contribution in [3.63, 3.8) is 0 Å². The van der Waals surface area contributed by atoms with Crippen molar-refractivity contribution in [1.82, 2.24) is 10.2 Å². The third kappa shape index (κ3) is 5.07. The molecule has 1 aliphatic heterocycles. The number of rotatable bonds is 8. The van der Waals surface area contributed by atoms with Crippen molar-refractivity contribution in [2.75, 3.05) is 32.1 Å². The van der Waals surface area contributed by atoms with Crippen molar-refractivity contribution in [3.8, 4) is 0 Å². The number of ether oxygens (including phenoxy) is 1. The largest absolute Gasteiger partial charge is 0.457 e. The molecule has 1 amide bonds. The van der Waals surface area contributed by atoms with Gasteiger partial charge in [0.15, 0.2) is 18.0 Å². The predicted octanol–water partition coefficient (Wildman–Crippen LogP) is 2.65. The number of nitrogens with zero attached hydrogens (tertiary/aromatic N) is 3. The lowest BCUT2D eigenvalue weighted by Gasteiger charge is -2.36. The Balaban J connectivity index is 1.42. The number of nitrogens with one attached hydrogen (secondary N) is 1.